The molecule has 2 rings (SSSR count). The predicted octanol–water partition coefficient (Wildman–Crippen LogP) is 1.32. The van der Waals surface area contributed by atoms with Crippen LogP contribution < -0.4 is 5.32 Å². The van der Waals surface area contributed by atoms with Crippen LogP contribution in [0.4, 0.5) is 0 Å². The molecule has 3 heteroatoms. The highest BCUT2D eigenvalue weighted by atomic mass is 16.5. The molecule has 2 atom stereocenters. The lowest BCUT2D eigenvalue weighted by Gasteiger charge is -2.27. The zero-order valence-electron chi connectivity index (χ0n) is 8.84. The van der Waals surface area contributed by atoms with E-state index >= 15 is 0 Å². The van der Waals surface area contributed by atoms with Crippen molar-refractivity contribution < 1.29 is 9.47 Å². The molecular formula is C11H21NO2. The Kier molecular flexibility index (Phi) is 4.22. The Labute approximate surface area is 86.2 Å². The Morgan fingerprint density at radius 1 is 1.21 bits per heavy atom. The topological polar surface area (TPSA) is 30.5 Å². The summed E-state index contributed by atoms with van der Waals surface area (Å²) in [5.74, 6) is 0. The molecule has 3 nitrogen and oxygen atoms in total. The van der Waals surface area contributed by atoms with Gasteiger partial charge in [0.05, 0.1) is 19.3 Å². The summed E-state index contributed by atoms with van der Waals surface area (Å²) in [6, 6.07) is 0.589. The summed E-state index contributed by atoms with van der Waals surface area (Å²) in [5, 5.41) is 3.49. The molecule has 0 bridgehead atoms. The third-order valence-corrected chi connectivity index (χ3v) is 3.06. The number of piperidine rings is 1. The summed E-state index contributed by atoms with van der Waals surface area (Å²) in [7, 11) is 0. The van der Waals surface area contributed by atoms with Gasteiger partial charge in [0.1, 0.15) is 0 Å². The summed E-state index contributed by atoms with van der Waals surface area (Å²) in [6.07, 6.45) is 6.63. The number of ether oxygens (including phenoxy) is 2. The second-order valence-electron chi connectivity index (χ2n) is 4.32. The quantitative estimate of drug-likeness (QED) is 0.743. The minimum Gasteiger partial charge on any atom is -0.379 e. The zero-order valence-corrected chi connectivity index (χ0v) is 8.84. The second-order valence-corrected chi connectivity index (χ2v) is 4.32. The van der Waals surface area contributed by atoms with E-state index < -0.39 is 0 Å². The van der Waals surface area contributed by atoms with Gasteiger partial charge in [0, 0.05) is 12.6 Å². The first kappa shape index (κ1) is 10.4. The van der Waals surface area contributed by atoms with Gasteiger partial charge < -0.3 is 14.8 Å². The van der Waals surface area contributed by atoms with Crippen LogP contribution in [-0.4, -0.2) is 38.5 Å². The predicted molar refractivity (Wildman–Crippen MR) is 55.4 cm³/mol. The molecular weight excluding hydrogens is 178 g/mol. The molecule has 0 amide bonds. The normalized spacial score (nSPS) is 34.3. The van der Waals surface area contributed by atoms with Crippen molar-refractivity contribution in [2.75, 3.05) is 26.4 Å². The van der Waals surface area contributed by atoms with Gasteiger partial charge in [0.25, 0.3) is 0 Å². The SMILES string of the molecule is C1CCC(COC2CCCOC2)NC1. The maximum absolute atomic E-state index is 5.83. The van der Waals surface area contributed by atoms with Crippen molar-refractivity contribution in [2.45, 2.75) is 44.2 Å². The molecule has 2 heterocycles. The Morgan fingerprint density at radius 3 is 2.93 bits per heavy atom. The number of hydrogen-bond acceptors (Lipinski definition) is 3. The van der Waals surface area contributed by atoms with Crippen LogP contribution in [0.25, 0.3) is 0 Å². The molecule has 2 aliphatic heterocycles. The van der Waals surface area contributed by atoms with Crippen LogP contribution in [0.2, 0.25) is 0 Å². The van der Waals surface area contributed by atoms with Crippen molar-refractivity contribution in [1.29, 1.82) is 0 Å². The van der Waals surface area contributed by atoms with Crippen molar-refractivity contribution in [3.05, 3.63) is 0 Å². The van der Waals surface area contributed by atoms with Crippen molar-refractivity contribution in [3.8, 4) is 0 Å². The molecule has 0 aliphatic carbocycles. The Bertz CT molecular complexity index is 133. The average Bonchev–Trinajstić information content (AvgIpc) is 2.29. The van der Waals surface area contributed by atoms with Crippen LogP contribution in [-0.2, 0) is 9.47 Å². The molecule has 0 saturated carbocycles. The summed E-state index contributed by atoms with van der Waals surface area (Å²) >= 11 is 0. The van der Waals surface area contributed by atoms with Gasteiger partial charge in [0.2, 0.25) is 0 Å². The van der Waals surface area contributed by atoms with Gasteiger partial charge in [0.15, 0.2) is 0 Å². The Hall–Kier alpha value is -0.120. The molecule has 0 aromatic rings. The van der Waals surface area contributed by atoms with Gasteiger partial charge in [-0.05, 0) is 32.2 Å². The van der Waals surface area contributed by atoms with E-state index in [4.69, 9.17) is 9.47 Å². The molecule has 2 saturated heterocycles. The lowest BCUT2D eigenvalue weighted by Crippen LogP contribution is -2.39. The van der Waals surface area contributed by atoms with E-state index in [2.05, 4.69) is 5.32 Å². The molecule has 0 radical (unpaired) electrons. The van der Waals surface area contributed by atoms with E-state index in [9.17, 15) is 0 Å². The highest BCUT2D eigenvalue weighted by Gasteiger charge is 2.18. The van der Waals surface area contributed by atoms with Crippen molar-refractivity contribution in [3.63, 3.8) is 0 Å². The van der Waals surface area contributed by atoms with Gasteiger partial charge in [-0.15, -0.1) is 0 Å². The van der Waals surface area contributed by atoms with E-state index in [1.807, 2.05) is 0 Å². The minimum absolute atomic E-state index is 0.354. The Morgan fingerprint density at radius 2 is 2.21 bits per heavy atom. The molecule has 0 aromatic heterocycles. The lowest BCUT2D eigenvalue weighted by atomic mass is 10.1. The highest BCUT2D eigenvalue weighted by molar-refractivity contribution is 4.72. The van der Waals surface area contributed by atoms with Crippen LogP contribution in [0.3, 0.4) is 0 Å². The van der Waals surface area contributed by atoms with Crippen LogP contribution >= 0.6 is 0 Å². The monoisotopic (exact) mass is 199 g/mol. The molecule has 2 fully saturated rings. The maximum atomic E-state index is 5.83. The first-order valence-corrected chi connectivity index (χ1v) is 5.88. The van der Waals surface area contributed by atoms with Crippen LogP contribution in [0, 0.1) is 0 Å². The molecule has 2 aliphatic rings. The molecule has 14 heavy (non-hydrogen) atoms. The van der Waals surface area contributed by atoms with E-state index in [-0.39, 0.29) is 0 Å². The minimum atomic E-state index is 0.354. The fraction of sp³-hybridized carbons (Fsp3) is 1.00. The van der Waals surface area contributed by atoms with Gasteiger partial charge in [-0.2, -0.15) is 0 Å². The van der Waals surface area contributed by atoms with Gasteiger partial charge >= 0.3 is 0 Å². The first-order chi connectivity index (χ1) is 6.95. The van der Waals surface area contributed by atoms with Crippen molar-refractivity contribution in [1.82, 2.24) is 5.32 Å². The van der Waals surface area contributed by atoms with Gasteiger partial charge in [-0.1, -0.05) is 6.42 Å². The number of nitrogens with one attached hydrogen (secondary N) is 1. The molecule has 0 aromatic carbocycles. The molecule has 1 N–H and O–H groups in total. The summed E-state index contributed by atoms with van der Waals surface area (Å²) in [6.45, 7) is 3.75. The van der Waals surface area contributed by atoms with Gasteiger partial charge in [-0.3, -0.25) is 0 Å². The lowest BCUT2D eigenvalue weighted by molar-refractivity contribution is -0.0569. The van der Waals surface area contributed by atoms with Crippen LogP contribution in [0.5, 0.6) is 0 Å². The Balaban J connectivity index is 1.60. The first-order valence-electron chi connectivity index (χ1n) is 5.88. The van der Waals surface area contributed by atoms with E-state index in [0.717, 1.165) is 32.8 Å². The standard InChI is InChI=1S/C11H21NO2/c1-2-6-12-10(4-1)8-14-11-5-3-7-13-9-11/h10-12H,1-9H2. The number of hydrogen-bond donors (Lipinski definition) is 1. The third kappa shape index (κ3) is 3.23. The van der Waals surface area contributed by atoms with Crippen LogP contribution in [0.15, 0.2) is 0 Å². The molecule has 82 valence electrons. The van der Waals surface area contributed by atoms with Crippen LogP contribution in [0.1, 0.15) is 32.1 Å². The largest absolute Gasteiger partial charge is 0.379 e. The summed E-state index contributed by atoms with van der Waals surface area (Å²) in [4.78, 5) is 0. The van der Waals surface area contributed by atoms with E-state index in [1.165, 1.54) is 25.7 Å². The van der Waals surface area contributed by atoms with Crippen molar-refractivity contribution in [2.24, 2.45) is 0 Å². The fourth-order valence-electron chi connectivity index (χ4n) is 2.16. The summed E-state index contributed by atoms with van der Waals surface area (Å²) in [5.41, 5.74) is 0. The van der Waals surface area contributed by atoms with Crippen molar-refractivity contribution >= 4 is 0 Å². The fourth-order valence-corrected chi connectivity index (χ4v) is 2.16. The molecule has 0 spiro atoms. The highest BCUT2D eigenvalue weighted by Crippen LogP contribution is 2.12. The average molecular weight is 199 g/mol. The second kappa shape index (κ2) is 5.69. The smallest absolute Gasteiger partial charge is 0.0810 e. The van der Waals surface area contributed by atoms with E-state index in [1.54, 1.807) is 0 Å². The van der Waals surface area contributed by atoms with E-state index in [0.29, 0.717) is 12.1 Å². The number of rotatable bonds is 3. The zero-order chi connectivity index (χ0) is 9.64. The summed E-state index contributed by atoms with van der Waals surface area (Å²) < 4.78 is 11.2. The molecule has 2 unspecified atom stereocenters. The maximum Gasteiger partial charge on any atom is 0.0810 e. The van der Waals surface area contributed by atoms with Gasteiger partial charge in [-0.25, -0.2) is 0 Å². The third-order valence-electron chi connectivity index (χ3n) is 3.06.